The summed E-state index contributed by atoms with van der Waals surface area (Å²) in [6.45, 7) is 0.876. The van der Waals surface area contributed by atoms with E-state index in [1.807, 2.05) is 0 Å². The van der Waals surface area contributed by atoms with Crippen molar-refractivity contribution in [3.8, 4) is 5.75 Å². The second kappa shape index (κ2) is 6.02. The zero-order chi connectivity index (χ0) is 13.7. The molecule has 0 unspecified atom stereocenters. The minimum atomic E-state index is -0.905. The van der Waals surface area contributed by atoms with Gasteiger partial charge in [-0.15, -0.1) is 0 Å². The molecule has 1 atom stereocenters. The van der Waals surface area contributed by atoms with Crippen LogP contribution >= 0.6 is 0 Å². The molecule has 1 aromatic rings. The molecule has 1 saturated heterocycles. The largest absolute Gasteiger partial charge is 0.494 e. The fraction of sp³-hybridized carbons (Fsp3) is 0.500. The summed E-state index contributed by atoms with van der Waals surface area (Å²) >= 11 is 0. The maximum atomic E-state index is 12.6. The molecule has 1 aromatic carbocycles. The molecule has 1 N–H and O–H groups in total. The van der Waals surface area contributed by atoms with E-state index in [1.165, 1.54) is 12.1 Å². The van der Waals surface area contributed by atoms with Crippen molar-refractivity contribution in [1.29, 1.82) is 0 Å². The zero-order valence-electron chi connectivity index (χ0n) is 10.6. The van der Waals surface area contributed by atoms with Gasteiger partial charge in [-0.05, 0) is 49.9 Å². The number of ether oxygens (including phenoxy) is 2. The number of carbonyl (C=O) groups is 1. The SMILES string of the molecule is O=C(O)[C@@]1(CCCCCOc2ccc(F)cc2)CO1. The molecular weight excluding hydrogens is 251 g/mol. The topological polar surface area (TPSA) is 59.1 Å². The first-order valence-corrected chi connectivity index (χ1v) is 6.38. The van der Waals surface area contributed by atoms with E-state index in [2.05, 4.69) is 0 Å². The van der Waals surface area contributed by atoms with Gasteiger partial charge < -0.3 is 14.6 Å². The maximum absolute atomic E-state index is 12.6. The Labute approximate surface area is 111 Å². The Morgan fingerprint density at radius 1 is 1.32 bits per heavy atom. The van der Waals surface area contributed by atoms with Crippen molar-refractivity contribution in [2.45, 2.75) is 31.3 Å². The van der Waals surface area contributed by atoms with E-state index in [0.717, 1.165) is 19.3 Å². The minimum absolute atomic E-state index is 0.282. The normalized spacial score (nSPS) is 21.1. The lowest BCUT2D eigenvalue weighted by Crippen LogP contribution is -2.23. The summed E-state index contributed by atoms with van der Waals surface area (Å²) in [5.41, 5.74) is -0.905. The average Bonchev–Trinajstić information content (AvgIpc) is 3.17. The number of carboxylic acids is 1. The third-order valence-corrected chi connectivity index (χ3v) is 3.19. The van der Waals surface area contributed by atoms with Gasteiger partial charge in [-0.2, -0.15) is 0 Å². The number of hydrogen-bond acceptors (Lipinski definition) is 3. The van der Waals surface area contributed by atoms with Crippen molar-refractivity contribution in [3.05, 3.63) is 30.1 Å². The summed E-state index contributed by atoms with van der Waals surface area (Å²) in [4.78, 5) is 10.8. The Morgan fingerprint density at radius 3 is 2.58 bits per heavy atom. The molecule has 4 nitrogen and oxygen atoms in total. The van der Waals surface area contributed by atoms with E-state index in [9.17, 15) is 9.18 Å². The van der Waals surface area contributed by atoms with Gasteiger partial charge in [0.2, 0.25) is 0 Å². The van der Waals surface area contributed by atoms with E-state index in [0.29, 0.717) is 25.4 Å². The van der Waals surface area contributed by atoms with Gasteiger partial charge in [-0.25, -0.2) is 9.18 Å². The third-order valence-electron chi connectivity index (χ3n) is 3.19. The smallest absolute Gasteiger partial charge is 0.338 e. The van der Waals surface area contributed by atoms with E-state index >= 15 is 0 Å². The molecule has 2 rings (SSSR count). The monoisotopic (exact) mass is 268 g/mol. The van der Waals surface area contributed by atoms with Crippen LogP contribution in [0.4, 0.5) is 4.39 Å². The van der Waals surface area contributed by atoms with Gasteiger partial charge in [-0.1, -0.05) is 0 Å². The number of epoxide rings is 1. The number of benzene rings is 1. The van der Waals surface area contributed by atoms with Crippen molar-refractivity contribution >= 4 is 5.97 Å². The molecule has 19 heavy (non-hydrogen) atoms. The molecule has 1 fully saturated rings. The van der Waals surface area contributed by atoms with Gasteiger partial charge >= 0.3 is 5.97 Å². The number of aliphatic carboxylic acids is 1. The number of hydrogen-bond donors (Lipinski definition) is 1. The van der Waals surface area contributed by atoms with Crippen LogP contribution in [0.2, 0.25) is 0 Å². The van der Waals surface area contributed by atoms with Gasteiger partial charge in [0.25, 0.3) is 0 Å². The Bertz CT molecular complexity index is 426. The fourth-order valence-electron chi connectivity index (χ4n) is 1.87. The fourth-order valence-corrected chi connectivity index (χ4v) is 1.87. The minimum Gasteiger partial charge on any atom is -0.494 e. The number of halogens is 1. The first-order valence-electron chi connectivity index (χ1n) is 6.38. The van der Waals surface area contributed by atoms with Crippen LogP contribution in [0.5, 0.6) is 5.75 Å². The number of carboxylic acid groups (broad SMARTS) is 1. The van der Waals surface area contributed by atoms with Crippen molar-refractivity contribution in [3.63, 3.8) is 0 Å². The standard InChI is InChI=1S/C14H17FO4/c15-11-4-6-12(7-5-11)18-9-3-1-2-8-14(10-19-14)13(16)17/h4-7H,1-3,8-10H2,(H,16,17)/t14-/m1/s1. The summed E-state index contributed by atoms with van der Waals surface area (Å²) in [5, 5.41) is 8.90. The highest BCUT2D eigenvalue weighted by Gasteiger charge is 2.51. The van der Waals surface area contributed by atoms with Gasteiger partial charge in [0.15, 0.2) is 5.60 Å². The van der Waals surface area contributed by atoms with Crippen molar-refractivity contribution < 1.29 is 23.8 Å². The lowest BCUT2D eigenvalue weighted by Gasteiger charge is -2.07. The van der Waals surface area contributed by atoms with E-state index in [1.54, 1.807) is 12.1 Å². The maximum Gasteiger partial charge on any atom is 0.338 e. The molecule has 1 heterocycles. The highest BCUT2D eigenvalue weighted by Crippen LogP contribution is 2.33. The predicted octanol–water partition coefficient (Wildman–Crippen LogP) is 2.62. The molecule has 0 aliphatic carbocycles. The molecule has 0 saturated carbocycles. The Morgan fingerprint density at radius 2 is 2.00 bits per heavy atom. The summed E-state index contributed by atoms with van der Waals surface area (Å²) in [6, 6.07) is 5.90. The van der Waals surface area contributed by atoms with Crippen molar-refractivity contribution in [2.75, 3.05) is 13.2 Å². The van der Waals surface area contributed by atoms with Crippen LogP contribution in [0.3, 0.4) is 0 Å². The highest BCUT2D eigenvalue weighted by atomic mass is 19.1. The van der Waals surface area contributed by atoms with Gasteiger partial charge in [0, 0.05) is 0 Å². The molecular formula is C14H17FO4. The highest BCUT2D eigenvalue weighted by molar-refractivity contribution is 5.80. The first kappa shape index (κ1) is 13.8. The van der Waals surface area contributed by atoms with Crippen LogP contribution in [-0.2, 0) is 9.53 Å². The quantitative estimate of drug-likeness (QED) is 0.581. The summed E-state index contributed by atoms with van der Waals surface area (Å²) in [7, 11) is 0. The Kier molecular flexibility index (Phi) is 4.37. The van der Waals surface area contributed by atoms with Crippen molar-refractivity contribution in [2.24, 2.45) is 0 Å². The predicted molar refractivity (Wildman–Crippen MR) is 66.7 cm³/mol. The van der Waals surface area contributed by atoms with Gasteiger partial charge in [-0.3, -0.25) is 0 Å². The van der Waals surface area contributed by atoms with Gasteiger partial charge in [0.05, 0.1) is 13.2 Å². The summed E-state index contributed by atoms with van der Waals surface area (Å²) in [6.07, 6.45) is 3.09. The average molecular weight is 268 g/mol. The third kappa shape index (κ3) is 3.92. The lowest BCUT2D eigenvalue weighted by molar-refractivity contribution is -0.143. The lowest BCUT2D eigenvalue weighted by atomic mass is 10.0. The Balaban J connectivity index is 1.55. The molecule has 5 heteroatoms. The molecule has 0 amide bonds. The van der Waals surface area contributed by atoms with Gasteiger partial charge in [0.1, 0.15) is 11.6 Å². The molecule has 0 radical (unpaired) electrons. The van der Waals surface area contributed by atoms with Crippen LogP contribution in [0.1, 0.15) is 25.7 Å². The van der Waals surface area contributed by atoms with Crippen LogP contribution < -0.4 is 4.74 Å². The zero-order valence-corrected chi connectivity index (χ0v) is 10.6. The van der Waals surface area contributed by atoms with Crippen LogP contribution in [-0.4, -0.2) is 29.9 Å². The molecule has 1 aliphatic rings. The second-order valence-corrected chi connectivity index (χ2v) is 4.70. The Hall–Kier alpha value is -1.62. The number of unbranched alkanes of at least 4 members (excludes halogenated alkanes) is 2. The summed E-state index contributed by atoms with van der Waals surface area (Å²) in [5.74, 6) is -0.500. The van der Waals surface area contributed by atoms with Crippen molar-refractivity contribution in [1.82, 2.24) is 0 Å². The van der Waals surface area contributed by atoms with Crippen LogP contribution in [0, 0.1) is 5.82 Å². The van der Waals surface area contributed by atoms with Crippen LogP contribution in [0.15, 0.2) is 24.3 Å². The molecule has 1 aliphatic heterocycles. The molecule has 0 aromatic heterocycles. The molecule has 0 spiro atoms. The number of rotatable bonds is 8. The molecule has 104 valence electrons. The van der Waals surface area contributed by atoms with Crippen LogP contribution in [0.25, 0.3) is 0 Å². The second-order valence-electron chi connectivity index (χ2n) is 4.70. The summed E-state index contributed by atoms with van der Waals surface area (Å²) < 4.78 is 23.1. The van der Waals surface area contributed by atoms with E-state index < -0.39 is 11.6 Å². The molecule has 0 bridgehead atoms. The van der Waals surface area contributed by atoms with E-state index in [4.69, 9.17) is 14.6 Å². The van der Waals surface area contributed by atoms with E-state index in [-0.39, 0.29) is 5.82 Å². The first-order chi connectivity index (χ1) is 9.12.